The molecule has 2 rings (SSSR count). The smallest absolute Gasteiger partial charge is 0.128 e. The molecule has 20 heavy (non-hydrogen) atoms. The fourth-order valence-corrected chi connectivity index (χ4v) is 2.05. The van der Waals surface area contributed by atoms with Crippen LogP contribution < -0.4 is 10.1 Å². The molecule has 0 radical (unpaired) electrons. The highest BCUT2D eigenvalue weighted by Crippen LogP contribution is 2.27. The molecule has 0 aliphatic carbocycles. The van der Waals surface area contributed by atoms with Gasteiger partial charge in [-0.05, 0) is 42.0 Å². The van der Waals surface area contributed by atoms with E-state index in [4.69, 9.17) is 27.9 Å². The minimum atomic E-state index is 0.427. The van der Waals surface area contributed by atoms with Crippen molar-refractivity contribution in [2.75, 3.05) is 0 Å². The van der Waals surface area contributed by atoms with E-state index in [0.29, 0.717) is 21.8 Å². The van der Waals surface area contributed by atoms with E-state index < -0.39 is 0 Å². The average Bonchev–Trinajstić information content (AvgIpc) is 2.40. The van der Waals surface area contributed by atoms with Crippen LogP contribution in [0.2, 0.25) is 10.0 Å². The van der Waals surface area contributed by atoms with Gasteiger partial charge in [0, 0.05) is 22.6 Å². The van der Waals surface area contributed by atoms with E-state index >= 15 is 0 Å². The molecule has 0 aromatic heterocycles. The van der Waals surface area contributed by atoms with Gasteiger partial charge in [0.1, 0.15) is 11.5 Å². The Kier molecular flexibility index (Phi) is 5.30. The Morgan fingerprint density at radius 3 is 2.25 bits per heavy atom. The number of hydrogen-bond acceptors (Lipinski definition) is 2. The van der Waals surface area contributed by atoms with Crippen molar-refractivity contribution in [3.05, 3.63) is 58.1 Å². The standard InChI is InChI=1S/C16H17Cl2NO/c1-11(2)19-10-12-3-6-15(9-16(12)18)20-14-7-4-13(17)5-8-14/h3-9,11,19H,10H2,1-2H3. The first kappa shape index (κ1) is 15.2. The summed E-state index contributed by atoms with van der Waals surface area (Å²) in [5.74, 6) is 1.45. The minimum Gasteiger partial charge on any atom is -0.457 e. The third-order valence-electron chi connectivity index (χ3n) is 2.77. The number of hydrogen-bond donors (Lipinski definition) is 1. The second-order valence-corrected chi connectivity index (χ2v) is 5.69. The lowest BCUT2D eigenvalue weighted by Crippen LogP contribution is -2.21. The van der Waals surface area contributed by atoms with E-state index in [1.165, 1.54) is 0 Å². The fourth-order valence-electron chi connectivity index (χ4n) is 1.69. The molecule has 0 fully saturated rings. The van der Waals surface area contributed by atoms with Crippen molar-refractivity contribution >= 4 is 23.2 Å². The van der Waals surface area contributed by atoms with Gasteiger partial charge in [0.15, 0.2) is 0 Å². The summed E-state index contributed by atoms with van der Waals surface area (Å²) in [7, 11) is 0. The normalized spacial score (nSPS) is 10.8. The van der Waals surface area contributed by atoms with Crippen molar-refractivity contribution < 1.29 is 4.74 Å². The minimum absolute atomic E-state index is 0.427. The summed E-state index contributed by atoms with van der Waals surface area (Å²) >= 11 is 12.1. The number of nitrogens with one attached hydrogen (secondary N) is 1. The molecule has 2 aromatic carbocycles. The van der Waals surface area contributed by atoms with Crippen LogP contribution in [0.15, 0.2) is 42.5 Å². The lowest BCUT2D eigenvalue weighted by atomic mass is 10.2. The van der Waals surface area contributed by atoms with Gasteiger partial charge in [0.05, 0.1) is 0 Å². The van der Waals surface area contributed by atoms with Gasteiger partial charge in [0.25, 0.3) is 0 Å². The molecule has 0 aliphatic heterocycles. The monoisotopic (exact) mass is 309 g/mol. The molecule has 0 unspecified atom stereocenters. The summed E-state index contributed by atoms with van der Waals surface area (Å²) in [6.45, 7) is 4.95. The van der Waals surface area contributed by atoms with Gasteiger partial charge in [0.2, 0.25) is 0 Å². The summed E-state index contributed by atoms with van der Waals surface area (Å²) in [5, 5.41) is 4.72. The summed E-state index contributed by atoms with van der Waals surface area (Å²) in [4.78, 5) is 0. The summed E-state index contributed by atoms with van der Waals surface area (Å²) in [6, 6.07) is 13.4. The van der Waals surface area contributed by atoms with E-state index in [1.807, 2.05) is 30.3 Å². The molecule has 0 saturated carbocycles. The Hall–Kier alpha value is -1.22. The third kappa shape index (κ3) is 4.41. The summed E-state index contributed by atoms with van der Waals surface area (Å²) in [5.41, 5.74) is 1.06. The molecule has 0 heterocycles. The van der Waals surface area contributed by atoms with Crippen molar-refractivity contribution in [1.82, 2.24) is 5.32 Å². The van der Waals surface area contributed by atoms with E-state index in [0.717, 1.165) is 17.9 Å². The van der Waals surface area contributed by atoms with Crippen LogP contribution in [0.5, 0.6) is 11.5 Å². The van der Waals surface area contributed by atoms with Crippen LogP contribution >= 0.6 is 23.2 Å². The van der Waals surface area contributed by atoms with Gasteiger partial charge in [-0.3, -0.25) is 0 Å². The van der Waals surface area contributed by atoms with Crippen LogP contribution in [0.4, 0.5) is 0 Å². The highest BCUT2D eigenvalue weighted by atomic mass is 35.5. The molecule has 0 amide bonds. The number of ether oxygens (including phenoxy) is 1. The van der Waals surface area contributed by atoms with Gasteiger partial charge in [-0.2, -0.15) is 0 Å². The summed E-state index contributed by atoms with van der Waals surface area (Å²) < 4.78 is 5.73. The van der Waals surface area contributed by atoms with E-state index in [1.54, 1.807) is 12.1 Å². The molecule has 0 aliphatic rings. The Balaban J connectivity index is 2.06. The molecular formula is C16H17Cl2NO. The molecule has 4 heteroatoms. The van der Waals surface area contributed by atoms with Crippen LogP contribution in [-0.2, 0) is 6.54 Å². The van der Waals surface area contributed by atoms with Crippen molar-refractivity contribution in [2.24, 2.45) is 0 Å². The molecule has 2 aromatic rings. The van der Waals surface area contributed by atoms with Crippen molar-refractivity contribution in [1.29, 1.82) is 0 Å². The molecule has 106 valence electrons. The van der Waals surface area contributed by atoms with Crippen LogP contribution in [-0.4, -0.2) is 6.04 Å². The number of halogens is 2. The van der Waals surface area contributed by atoms with Gasteiger partial charge >= 0.3 is 0 Å². The lowest BCUT2D eigenvalue weighted by Gasteiger charge is -2.11. The van der Waals surface area contributed by atoms with Crippen molar-refractivity contribution in [2.45, 2.75) is 26.4 Å². The van der Waals surface area contributed by atoms with Gasteiger partial charge < -0.3 is 10.1 Å². The summed E-state index contributed by atoms with van der Waals surface area (Å²) in [6.07, 6.45) is 0. The number of rotatable bonds is 5. The van der Waals surface area contributed by atoms with Crippen molar-refractivity contribution in [3.63, 3.8) is 0 Å². The molecule has 2 nitrogen and oxygen atoms in total. The van der Waals surface area contributed by atoms with E-state index in [9.17, 15) is 0 Å². The largest absolute Gasteiger partial charge is 0.457 e. The first-order chi connectivity index (χ1) is 9.54. The fraction of sp³-hybridized carbons (Fsp3) is 0.250. The second-order valence-electron chi connectivity index (χ2n) is 4.84. The number of benzene rings is 2. The SMILES string of the molecule is CC(C)NCc1ccc(Oc2ccc(Cl)cc2)cc1Cl. The lowest BCUT2D eigenvalue weighted by molar-refractivity contribution is 0.482. The Bertz CT molecular complexity index is 567. The molecule has 0 atom stereocenters. The van der Waals surface area contributed by atoms with Gasteiger partial charge in [-0.25, -0.2) is 0 Å². The zero-order valence-corrected chi connectivity index (χ0v) is 13.0. The van der Waals surface area contributed by atoms with Crippen LogP contribution in [0.25, 0.3) is 0 Å². The zero-order valence-electron chi connectivity index (χ0n) is 11.5. The van der Waals surface area contributed by atoms with Crippen LogP contribution in [0.1, 0.15) is 19.4 Å². The predicted octanol–water partition coefficient (Wildman–Crippen LogP) is 5.28. The highest BCUT2D eigenvalue weighted by molar-refractivity contribution is 6.31. The third-order valence-corrected chi connectivity index (χ3v) is 3.38. The molecule has 0 bridgehead atoms. The first-order valence-corrected chi connectivity index (χ1v) is 7.25. The Labute approximate surface area is 129 Å². The Morgan fingerprint density at radius 2 is 1.65 bits per heavy atom. The van der Waals surface area contributed by atoms with Gasteiger partial charge in [-0.1, -0.05) is 43.1 Å². The Morgan fingerprint density at radius 1 is 1.00 bits per heavy atom. The molecule has 1 N–H and O–H groups in total. The van der Waals surface area contributed by atoms with Crippen LogP contribution in [0, 0.1) is 0 Å². The highest BCUT2D eigenvalue weighted by Gasteiger charge is 2.04. The topological polar surface area (TPSA) is 21.3 Å². The van der Waals surface area contributed by atoms with Gasteiger partial charge in [-0.15, -0.1) is 0 Å². The first-order valence-electron chi connectivity index (χ1n) is 6.50. The van der Waals surface area contributed by atoms with Crippen LogP contribution in [0.3, 0.4) is 0 Å². The average molecular weight is 310 g/mol. The quantitative estimate of drug-likeness (QED) is 0.811. The second kappa shape index (κ2) is 6.98. The predicted molar refractivity (Wildman–Crippen MR) is 85.0 cm³/mol. The van der Waals surface area contributed by atoms with Crippen molar-refractivity contribution in [3.8, 4) is 11.5 Å². The maximum atomic E-state index is 6.26. The van der Waals surface area contributed by atoms with E-state index in [-0.39, 0.29) is 0 Å². The zero-order chi connectivity index (χ0) is 14.5. The maximum Gasteiger partial charge on any atom is 0.128 e. The molecular weight excluding hydrogens is 293 g/mol. The molecule has 0 spiro atoms. The van der Waals surface area contributed by atoms with E-state index in [2.05, 4.69) is 19.2 Å². The maximum absolute atomic E-state index is 6.26. The molecule has 0 saturated heterocycles.